The van der Waals surface area contributed by atoms with Gasteiger partial charge in [0.05, 0.1) is 0 Å². The first-order chi connectivity index (χ1) is 14.0. The summed E-state index contributed by atoms with van der Waals surface area (Å²) in [7, 11) is 0. The lowest BCUT2D eigenvalue weighted by atomic mass is 9.65. The normalized spacial score (nSPS) is 33.8. The van der Waals surface area contributed by atoms with Crippen LogP contribution in [0.2, 0.25) is 0 Å². The van der Waals surface area contributed by atoms with Gasteiger partial charge in [0.2, 0.25) is 11.8 Å². The topological polar surface area (TPSA) is 105 Å². The second-order valence-electron chi connectivity index (χ2n) is 9.07. The summed E-state index contributed by atoms with van der Waals surface area (Å²) in [5.41, 5.74) is 9.15. The highest BCUT2D eigenvalue weighted by Crippen LogP contribution is 2.41. The maximum absolute atomic E-state index is 13.0. The van der Waals surface area contributed by atoms with Crippen LogP contribution in [-0.2, 0) is 22.7 Å². The summed E-state index contributed by atoms with van der Waals surface area (Å²) in [6, 6.07) is 5.99. The van der Waals surface area contributed by atoms with E-state index in [-0.39, 0.29) is 24.1 Å². The maximum Gasteiger partial charge on any atom is 0.255 e. The molecule has 1 aromatic carbocycles. The molecule has 5 aliphatic rings. The predicted molar refractivity (Wildman–Crippen MR) is 107 cm³/mol. The van der Waals surface area contributed by atoms with Gasteiger partial charge in [-0.1, -0.05) is 12.1 Å². The second-order valence-corrected chi connectivity index (χ2v) is 9.07. The fourth-order valence-electron chi connectivity index (χ4n) is 5.86. The fraction of sp³-hybridized carbons (Fsp3) is 0.591. The smallest absolute Gasteiger partial charge is 0.255 e. The van der Waals surface area contributed by atoms with E-state index in [1.54, 1.807) is 4.90 Å². The van der Waals surface area contributed by atoms with Crippen molar-refractivity contribution in [3.8, 4) is 0 Å². The van der Waals surface area contributed by atoms with Gasteiger partial charge in [-0.2, -0.15) is 0 Å². The molecule has 1 unspecified atom stereocenters. The Balaban J connectivity index is 1.31. The molecule has 6 rings (SSSR count). The van der Waals surface area contributed by atoms with Crippen molar-refractivity contribution in [3.05, 3.63) is 34.9 Å². The van der Waals surface area contributed by atoms with Crippen LogP contribution >= 0.6 is 0 Å². The number of fused-ring (bicyclic) bond motifs is 4. The molecule has 7 heteroatoms. The number of nitrogens with one attached hydrogen (secondary N) is 2. The molecule has 3 aliphatic carbocycles. The van der Waals surface area contributed by atoms with Crippen LogP contribution in [0, 0.1) is 11.8 Å². The number of imide groups is 1. The van der Waals surface area contributed by atoms with E-state index in [0.29, 0.717) is 43.1 Å². The molecular formula is C22H28N4O3. The number of hydrogen-bond donors (Lipinski definition) is 3. The molecule has 0 aromatic heterocycles. The number of amides is 3. The van der Waals surface area contributed by atoms with Crippen molar-refractivity contribution in [1.29, 1.82) is 0 Å². The average Bonchev–Trinajstić information content (AvgIpc) is 3.04. The van der Waals surface area contributed by atoms with Gasteiger partial charge in [0.25, 0.3) is 5.91 Å². The van der Waals surface area contributed by atoms with Crippen molar-refractivity contribution in [3.63, 3.8) is 0 Å². The van der Waals surface area contributed by atoms with Crippen molar-refractivity contribution >= 4 is 17.7 Å². The Morgan fingerprint density at radius 1 is 1.14 bits per heavy atom. The van der Waals surface area contributed by atoms with Crippen LogP contribution in [0.15, 0.2) is 18.2 Å². The number of nitrogens with two attached hydrogens (primary N) is 1. The minimum Gasteiger partial charge on any atom is -0.327 e. The van der Waals surface area contributed by atoms with E-state index in [1.807, 2.05) is 12.1 Å². The lowest BCUT2D eigenvalue weighted by molar-refractivity contribution is -0.136. The van der Waals surface area contributed by atoms with Crippen LogP contribution in [0.25, 0.3) is 0 Å². The van der Waals surface area contributed by atoms with Crippen LogP contribution in [-0.4, -0.2) is 40.7 Å². The third-order valence-corrected chi connectivity index (χ3v) is 7.40. The van der Waals surface area contributed by atoms with Crippen molar-refractivity contribution in [2.45, 2.75) is 69.7 Å². The lowest BCUT2D eigenvalue weighted by Gasteiger charge is -2.46. The lowest BCUT2D eigenvalue weighted by Crippen LogP contribution is -2.54. The molecular weight excluding hydrogens is 368 g/mol. The number of benzene rings is 1. The van der Waals surface area contributed by atoms with Crippen molar-refractivity contribution < 1.29 is 14.4 Å². The molecule has 2 aliphatic heterocycles. The van der Waals surface area contributed by atoms with Crippen LogP contribution in [0.5, 0.6) is 0 Å². The number of carbonyl (C=O) groups excluding carboxylic acids is 3. The molecule has 1 saturated heterocycles. The van der Waals surface area contributed by atoms with Gasteiger partial charge in [-0.25, -0.2) is 0 Å². The van der Waals surface area contributed by atoms with Gasteiger partial charge in [-0.05, 0) is 61.1 Å². The summed E-state index contributed by atoms with van der Waals surface area (Å²) < 4.78 is 0. The Bertz CT molecular complexity index is 870. The molecule has 3 amide bonds. The van der Waals surface area contributed by atoms with E-state index in [0.717, 1.165) is 23.5 Å². The van der Waals surface area contributed by atoms with Gasteiger partial charge in [-0.3, -0.25) is 19.7 Å². The first-order valence-corrected chi connectivity index (χ1v) is 10.8. The number of nitrogens with zero attached hydrogens (tertiary/aromatic N) is 1. The molecule has 2 heterocycles. The van der Waals surface area contributed by atoms with Crippen LogP contribution < -0.4 is 16.4 Å². The molecule has 1 aromatic rings. The number of carbonyl (C=O) groups is 3. The summed E-state index contributed by atoms with van der Waals surface area (Å²) in [4.78, 5) is 38.3. The molecule has 3 saturated carbocycles. The number of rotatable bonds is 4. The Hall–Kier alpha value is -2.25. The summed E-state index contributed by atoms with van der Waals surface area (Å²) in [5, 5.41) is 6.08. The third kappa shape index (κ3) is 3.26. The molecule has 4 fully saturated rings. The van der Waals surface area contributed by atoms with Gasteiger partial charge in [0.15, 0.2) is 0 Å². The first kappa shape index (κ1) is 18.8. The maximum atomic E-state index is 13.0. The SMILES string of the molecule is N[C@@H]1C[C@H]2CC[C@@H]1[C@@H](NCc1cccc3c1CN(C1CCC(=O)NC1=O)C3=O)C2. The molecule has 4 N–H and O–H groups in total. The van der Waals surface area contributed by atoms with E-state index in [9.17, 15) is 14.4 Å². The van der Waals surface area contributed by atoms with Gasteiger partial charge < -0.3 is 16.0 Å². The highest BCUT2D eigenvalue weighted by atomic mass is 16.2. The van der Waals surface area contributed by atoms with Gasteiger partial charge >= 0.3 is 0 Å². The Morgan fingerprint density at radius 3 is 2.76 bits per heavy atom. The Morgan fingerprint density at radius 2 is 2.00 bits per heavy atom. The molecule has 0 spiro atoms. The molecule has 0 radical (unpaired) electrons. The second kappa shape index (κ2) is 7.22. The predicted octanol–water partition coefficient (Wildman–Crippen LogP) is 1.05. The summed E-state index contributed by atoms with van der Waals surface area (Å²) >= 11 is 0. The van der Waals surface area contributed by atoms with E-state index >= 15 is 0 Å². The van der Waals surface area contributed by atoms with Crippen LogP contribution in [0.4, 0.5) is 0 Å². The zero-order chi connectivity index (χ0) is 20.1. The van der Waals surface area contributed by atoms with Crippen molar-refractivity contribution in [1.82, 2.24) is 15.5 Å². The standard InChI is InChI=1S/C22H28N4O3/c23-17-8-12-4-5-15(17)18(9-12)24-10-13-2-1-3-14-16(13)11-26(22(14)29)19-6-7-20(27)25-21(19)28/h1-3,12,15,17-19,24H,4-11,23H2,(H,25,27,28)/t12-,15+,17-,18+,19?/m1/s1. The number of piperidine rings is 1. The number of hydrogen-bond acceptors (Lipinski definition) is 5. The van der Waals surface area contributed by atoms with E-state index in [2.05, 4.69) is 16.7 Å². The minimum atomic E-state index is -0.569. The highest BCUT2D eigenvalue weighted by molar-refractivity contribution is 6.05. The van der Waals surface area contributed by atoms with Crippen LogP contribution in [0.1, 0.15) is 60.0 Å². The molecule has 7 nitrogen and oxygen atoms in total. The average molecular weight is 396 g/mol. The zero-order valence-corrected chi connectivity index (χ0v) is 16.5. The van der Waals surface area contributed by atoms with E-state index in [1.165, 1.54) is 19.3 Å². The third-order valence-electron chi connectivity index (χ3n) is 7.40. The van der Waals surface area contributed by atoms with Gasteiger partial charge in [0, 0.05) is 37.2 Å². The molecule has 2 bridgehead atoms. The molecule has 154 valence electrons. The van der Waals surface area contributed by atoms with Crippen molar-refractivity contribution in [2.75, 3.05) is 0 Å². The highest BCUT2D eigenvalue weighted by Gasteiger charge is 2.41. The summed E-state index contributed by atoms with van der Waals surface area (Å²) in [5.74, 6) is 0.529. The minimum absolute atomic E-state index is 0.116. The zero-order valence-electron chi connectivity index (χ0n) is 16.5. The Kier molecular flexibility index (Phi) is 4.67. The fourth-order valence-corrected chi connectivity index (χ4v) is 5.86. The van der Waals surface area contributed by atoms with Crippen molar-refractivity contribution in [2.24, 2.45) is 17.6 Å². The largest absolute Gasteiger partial charge is 0.327 e. The monoisotopic (exact) mass is 396 g/mol. The Labute approximate surface area is 170 Å². The van der Waals surface area contributed by atoms with Gasteiger partial charge in [-0.15, -0.1) is 0 Å². The first-order valence-electron chi connectivity index (χ1n) is 10.8. The summed E-state index contributed by atoms with van der Waals surface area (Å²) in [6.45, 7) is 1.13. The van der Waals surface area contributed by atoms with Gasteiger partial charge in [0.1, 0.15) is 6.04 Å². The molecule has 29 heavy (non-hydrogen) atoms. The summed E-state index contributed by atoms with van der Waals surface area (Å²) in [6.07, 6.45) is 5.51. The van der Waals surface area contributed by atoms with Crippen LogP contribution in [0.3, 0.4) is 0 Å². The van der Waals surface area contributed by atoms with E-state index < -0.39 is 6.04 Å². The quantitative estimate of drug-likeness (QED) is 0.660. The molecule has 5 atom stereocenters. The van der Waals surface area contributed by atoms with E-state index in [4.69, 9.17) is 5.73 Å².